The normalized spacial score (nSPS) is 10.1. The predicted molar refractivity (Wildman–Crippen MR) is 69.2 cm³/mol. The van der Waals surface area contributed by atoms with Gasteiger partial charge in [0.1, 0.15) is 0 Å². The molecule has 0 bridgehead atoms. The van der Waals surface area contributed by atoms with Crippen molar-refractivity contribution < 1.29 is 4.79 Å². The molecule has 4 heteroatoms. The van der Waals surface area contributed by atoms with Crippen molar-refractivity contribution in [2.45, 2.75) is 0 Å². The Bertz CT molecular complexity index is 579. The van der Waals surface area contributed by atoms with Crippen LogP contribution < -0.4 is 17.2 Å². The zero-order valence-electron chi connectivity index (χ0n) is 9.18. The number of amides is 1. The van der Waals surface area contributed by atoms with E-state index in [0.29, 0.717) is 16.9 Å². The Hall–Kier alpha value is -2.49. The lowest BCUT2D eigenvalue weighted by Crippen LogP contribution is -2.11. The van der Waals surface area contributed by atoms with E-state index in [1.54, 1.807) is 24.3 Å². The number of hydrogen-bond acceptors (Lipinski definition) is 3. The number of nitrogens with two attached hydrogens (primary N) is 3. The summed E-state index contributed by atoms with van der Waals surface area (Å²) in [5, 5.41) is 0. The first-order valence-electron chi connectivity index (χ1n) is 5.12. The molecule has 0 atom stereocenters. The summed E-state index contributed by atoms with van der Waals surface area (Å²) in [6, 6.07) is 12.4. The molecule has 0 spiro atoms. The van der Waals surface area contributed by atoms with Gasteiger partial charge in [0.05, 0.1) is 0 Å². The number of rotatable bonds is 2. The van der Waals surface area contributed by atoms with E-state index in [1.165, 1.54) is 0 Å². The zero-order chi connectivity index (χ0) is 12.4. The fourth-order valence-electron chi connectivity index (χ4n) is 1.68. The van der Waals surface area contributed by atoms with Crippen molar-refractivity contribution in [1.29, 1.82) is 0 Å². The van der Waals surface area contributed by atoms with Gasteiger partial charge in [0.25, 0.3) is 0 Å². The SMILES string of the molecule is NC(=O)c1cc(N)cc(-c2cccc(N)c2)c1. The first-order valence-corrected chi connectivity index (χ1v) is 5.12. The van der Waals surface area contributed by atoms with E-state index in [9.17, 15) is 4.79 Å². The molecule has 6 N–H and O–H groups in total. The van der Waals surface area contributed by atoms with Crippen molar-refractivity contribution in [2.24, 2.45) is 5.73 Å². The Morgan fingerprint density at radius 3 is 2.24 bits per heavy atom. The minimum atomic E-state index is -0.498. The van der Waals surface area contributed by atoms with Crippen molar-refractivity contribution in [3.05, 3.63) is 48.0 Å². The van der Waals surface area contributed by atoms with Gasteiger partial charge in [-0.25, -0.2) is 0 Å². The Labute approximate surface area is 99.0 Å². The van der Waals surface area contributed by atoms with Crippen molar-refractivity contribution in [3.63, 3.8) is 0 Å². The Morgan fingerprint density at radius 2 is 1.59 bits per heavy atom. The van der Waals surface area contributed by atoms with Gasteiger partial charge in [0, 0.05) is 16.9 Å². The number of hydrogen-bond donors (Lipinski definition) is 3. The van der Waals surface area contributed by atoms with Crippen LogP contribution in [-0.2, 0) is 0 Å². The van der Waals surface area contributed by atoms with E-state index in [4.69, 9.17) is 17.2 Å². The van der Waals surface area contributed by atoms with Crippen LogP contribution in [0.15, 0.2) is 42.5 Å². The molecule has 0 unspecified atom stereocenters. The van der Waals surface area contributed by atoms with Gasteiger partial charge < -0.3 is 17.2 Å². The Balaban J connectivity index is 2.56. The van der Waals surface area contributed by atoms with Crippen molar-refractivity contribution in [3.8, 4) is 11.1 Å². The lowest BCUT2D eigenvalue weighted by molar-refractivity contribution is 0.100. The van der Waals surface area contributed by atoms with Gasteiger partial charge in [-0.15, -0.1) is 0 Å². The highest BCUT2D eigenvalue weighted by Crippen LogP contribution is 2.24. The molecule has 0 radical (unpaired) electrons. The monoisotopic (exact) mass is 227 g/mol. The third kappa shape index (κ3) is 2.36. The zero-order valence-corrected chi connectivity index (χ0v) is 9.18. The third-order valence-corrected chi connectivity index (χ3v) is 2.46. The average Bonchev–Trinajstić information content (AvgIpc) is 2.28. The van der Waals surface area contributed by atoms with E-state index in [0.717, 1.165) is 11.1 Å². The van der Waals surface area contributed by atoms with Crippen LogP contribution >= 0.6 is 0 Å². The van der Waals surface area contributed by atoms with Gasteiger partial charge in [-0.3, -0.25) is 4.79 Å². The largest absolute Gasteiger partial charge is 0.399 e. The molecule has 0 saturated heterocycles. The summed E-state index contributed by atoms with van der Waals surface area (Å²) >= 11 is 0. The van der Waals surface area contributed by atoms with Crippen LogP contribution in [0.3, 0.4) is 0 Å². The summed E-state index contributed by atoms with van der Waals surface area (Å²) in [5.74, 6) is -0.498. The molecule has 0 aliphatic rings. The Morgan fingerprint density at radius 1 is 0.882 bits per heavy atom. The fraction of sp³-hybridized carbons (Fsp3) is 0. The van der Waals surface area contributed by atoms with Gasteiger partial charge in [0.2, 0.25) is 5.91 Å². The molecule has 0 fully saturated rings. The average molecular weight is 227 g/mol. The maximum atomic E-state index is 11.1. The molecule has 0 heterocycles. The van der Waals surface area contributed by atoms with Gasteiger partial charge in [0.15, 0.2) is 0 Å². The summed E-state index contributed by atoms with van der Waals surface area (Å²) < 4.78 is 0. The molecule has 4 nitrogen and oxygen atoms in total. The quantitative estimate of drug-likeness (QED) is 0.680. The molecule has 0 aliphatic carbocycles. The molecule has 0 aromatic heterocycles. The van der Waals surface area contributed by atoms with Crippen LogP contribution in [0.25, 0.3) is 11.1 Å². The second kappa shape index (κ2) is 4.17. The molecule has 17 heavy (non-hydrogen) atoms. The molecule has 86 valence electrons. The lowest BCUT2D eigenvalue weighted by Gasteiger charge is -2.06. The number of benzene rings is 2. The van der Waals surface area contributed by atoms with Crippen molar-refractivity contribution in [2.75, 3.05) is 11.5 Å². The minimum Gasteiger partial charge on any atom is -0.399 e. The van der Waals surface area contributed by atoms with Gasteiger partial charge in [-0.2, -0.15) is 0 Å². The summed E-state index contributed by atoms with van der Waals surface area (Å²) in [6.45, 7) is 0. The van der Waals surface area contributed by atoms with Crippen LogP contribution in [0, 0.1) is 0 Å². The van der Waals surface area contributed by atoms with Crippen LogP contribution in [-0.4, -0.2) is 5.91 Å². The van der Waals surface area contributed by atoms with Crippen LogP contribution in [0.5, 0.6) is 0 Å². The molecule has 2 aromatic carbocycles. The summed E-state index contributed by atoms with van der Waals surface area (Å²) in [6.07, 6.45) is 0. The van der Waals surface area contributed by atoms with Crippen LogP contribution in [0.4, 0.5) is 11.4 Å². The molecule has 1 amide bonds. The number of anilines is 2. The van der Waals surface area contributed by atoms with E-state index < -0.39 is 5.91 Å². The van der Waals surface area contributed by atoms with E-state index in [1.807, 2.05) is 18.2 Å². The molecule has 0 saturated carbocycles. The predicted octanol–water partition coefficient (Wildman–Crippen LogP) is 1.62. The van der Waals surface area contributed by atoms with Crippen LogP contribution in [0.2, 0.25) is 0 Å². The standard InChI is InChI=1S/C13H13N3O/c14-11-3-1-2-8(5-11)9-4-10(13(16)17)7-12(15)6-9/h1-7H,14-15H2,(H2,16,17). The molecule has 2 aromatic rings. The first-order chi connectivity index (χ1) is 8.06. The van der Waals surface area contributed by atoms with E-state index >= 15 is 0 Å². The molecular weight excluding hydrogens is 214 g/mol. The van der Waals surface area contributed by atoms with Gasteiger partial charge in [-0.1, -0.05) is 12.1 Å². The number of carbonyl (C=O) groups is 1. The number of nitrogen functional groups attached to an aromatic ring is 2. The molecule has 0 aliphatic heterocycles. The van der Waals surface area contributed by atoms with Crippen LogP contribution in [0.1, 0.15) is 10.4 Å². The van der Waals surface area contributed by atoms with E-state index in [-0.39, 0.29) is 0 Å². The fourth-order valence-corrected chi connectivity index (χ4v) is 1.68. The topological polar surface area (TPSA) is 95.1 Å². The summed E-state index contributed by atoms with van der Waals surface area (Å²) in [4.78, 5) is 11.1. The lowest BCUT2D eigenvalue weighted by atomic mass is 10.0. The smallest absolute Gasteiger partial charge is 0.248 e. The first kappa shape index (κ1) is 11.0. The summed E-state index contributed by atoms with van der Waals surface area (Å²) in [7, 11) is 0. The highest BCUT2D eigenvalue weighted by atomic mass is 16.1. The maximum absolute atomic E-state index is 11.1. The third-order valence-electron chi connectivity index (χ3n) is 2.46. The second-order valence-corrected chi connectivity index (χ2v) is 3.83. The number of carbonyl (C=O) groups excluding carboxylic acids is 1. The molecule has 2 rings (SSSR count). The Kier molecular flexibility index (Phi) is 2.70. The highest BCUT2D eigenvalue weighted by Gasteiger charge is 2.05. The highest BCUT2D eigenvalue weighted by molar-refractivity contribution is 5.95. The van der Waals surface area contributed by atoms with Crippen molar-refractivity contribution in [1.82, 2.24) is 0 Å². The van der Waals surface area contributed by atoms with E-state index in [2.05, 4.69) is 0 Å². The van der Waals surface area contributed by atoms with Crippen molar-refractivity contribution >= 4 is 17.3 Å². The maximum Gasteiger partial charge on any atom is 0.248 e. The minimum absolute atomic E-state index is 0.391. The molecular formula is C13H13N3O. The second-order valence-electron chi connectivity index (χ2n) is 3.83. The number of primary amides is 1. The van der Waals surface area contributed by atoms with Gasteiger partial charge in [-0.05, 0) is 41.5 Å². The summed E-state index contributed by atoms with van der Waals surface area (Å²) in [5.41, 5.74) is 20.0. The van der Waals surface area contributed by atoms with Gasteiger partial charge >= 0.3 is 0 Å².